The van der Waals surface area contributed by atoms with Crippen LogP contribution >= 0.6 is 81.2 Å². The number of amides is 2. The van der Waals surface area contributed by atoms with Crippen molar-refractivity contribution in [3.8, 4) is 0 Å². The predicted molar refractivity (Wildman–Crippen MR) is 237 cm³/mol. The summed E-state index contributed by atoms with van der Waals surface area (Å²) in [6.07, 6.45) is 0. The Kier molecular flexibility index (Phi) is 18.7. The fraction of sp³-hybridized carbons (Fsp3) is 0. The van der Waals surface area contributed by atoms with Crippen LogP contribution in [0.1, 0.15) is 31.1 Å². The van der Waals surface area contributed by atoms with Gasteiger partial charge in [0.25, 0.3) is 28.4 Å². The zero-order valence-electron chi connectivity index (χ0n) is 29.7. The summed E-state index contributed by atoms with van der Waals surface area (Å²) in [5.41, 5.74) is 13.3. The van der Waals surface area contributed by atoms with Crippen LogP contribution in [0.3, 0.4) is 0 Å². The molecule has 0 aliphatic heterocycles. The number of hydrogen-bond acceptors (Lipinski definition) is 9. The highest BCUT2D eigenvalue weighted by Gasteiger charge is 2.17. The Labute approximate surface area is 371 Å². The molecule has 0 unspecified atom stereocenters. The first-order valence-electron chi connectivity index (χ1n) is 16.1. The van der Waals surface area contributed by atoms with Gasteiger partial charge in [0.2, 0.25) is 0 Å². The SMILES string of the molecule is Nc1ccc(Cl)c(C(=O)Nc2ccc(Cl)cc2)c1.Nc1ccc(Cl)cc1.O=C(Cl)c1cc([N+](=O)[O-])ccc1Cl.O=C(Nc1ccc(Cl)cc1)c1cc([N+](=O)[O-])ccc1Cl. The van der Waals surface area contributed by atoms with Gasteiger partial charge in [-0.15, -0.1) is 0 Å². The van der Waals surface area contributed by atoms with Gasteiger partial charge in [-0.3, -0.25) is 34.6 Å². The Hall–Kier alpha value is -5.64. The Morgan fingerprint density at radius 3 is 1.15 bits per heavy atom. The number of benzene rings is 6. The van der Waals surface area contributed by atoms with Crippen molar-refractivity contribution >= 4 is 132 Å². The molecule has 6 aromatic rings. The van der Waals surface area contributed by atoms with Crippen molar-refractivity contribution in [3.05, 3.63) is 194 Å². The minimum atomic E-state index is -0.811. The molecule has 0 atom stereocenters. The summed E-state index contributed by atoms with van der Waals surface area (Å²) >= 11 is 39.6. The number of halogens is 7. The van der Waals surface area contributed by atoms with Crippen LogP contribution in [0.25, 0.3) is 0 Å². The van der Waals surface area contributed by atoms with Crippen LogP contribution in [-0.2, 0) is 0 Å². The standard InChI is InChI=1S/C13H8Cl2N2O3.C13H10Cl2N2O.C7H3Cl2NO3.C6H6ClN/c14-8-1-3-9(4-2-8)16-13(18)11-7-10(17(19)20)5-6-12(11)15;14-8-1-4-10(5-2-8)17-13(18)11-7-9(16)3-6-12(11)15;8-6-2-1-4(10(12)13)3-5(6)7(9)11;7-5-1-3-6(8)4-2-5/h1-7H,(H,16,18);1-7H,16H2,(H,17,18);1-3H;1-4H,8H2. The third-order valence-electron chi connectivity index (χ3n) is 7.09. The van der Waals surface area contributed by atoms with Crippen molar-refractivity contribution in [1.29, 1.82) is 0 Å². The molecule has 6 N–H and O–H groups in total. The largest absolute Gasteiger partial charge is 0.399 e. The minimum absolute atomic E-state index is 0.0378. The zero-order valence-corrected chi connectivity index (χ0v) is 35.0. The van der Waals surface area contributed by atoms with Crippen LogP contribution in [-0.4, -0.2) is 26.9 Å². The highest BCUT2D eigenvalue weighted by Crippen LogP contribution is 2.25. The molecule has 0 saturated carbocycles. The smallest absolute Gasteiger partial charge is 0.270 e. The molecule has 0 saturated heterocycles. The van der Waals surface area contributed by atoms with Gasteiger partial charge >= 0.3 is 0 Å². The lowest BCUT2D eigenvalue weighted by Gasteiger charge is -2.07. The van der Waals surface area contributed by atoms with Crippen molar-refractivity contribution in [2.45, 2.75) is 0 Å². The molecular weight excluding hydrogens is 913 g/mol. The lowest BCUT2D eigenvalue weighted by atomic mass is 10.2. The lowest BCUT2D eigenvalue weighted by molar-refractivity contribution is -0.385. The van der Waals surface area contributed by atoms with Crippen LogP contribution in [0.4, 0.5) is 34.1 Å². The van der Waals surface area contributed by atoms with Gasteiger partial charge in [0, 0.05) is 62.1 Å². The molecule has 0 fully saturated rings. The maximum atomic E-state index is 12.0. The monoisotopic (exact) mass is 936 g/mol. The second kappa shape index (κ2) is 23.1. The summed E-state index contributed by atoms with van der Waals surface area (Å²) in [6.45, 7) is 0. The van der Waals surface area contributed by atoms with E-state index in [1.165, 1.54) is 30.3 Å². The summed E-state index contributed by atoms with van der Waals surface area (Å²) in [6, 6.07) is 32.3. The van der Waals surface area contributed by atoms with Crippen molar-refractivity contribution < 1.29 is 24.2 Å². The number of carbonyl (C=O) groups is 3. The number of nitrogen functional groups attached to an aromatic ring is 2. The van der Waals surface area contributed by atoms with Crippen LogP contribution < -0.4 is 22.1 Å². The predicted octanol–water partition coefficient (Wildman–Crippen LogP) is 12.5. The van der Waals surface area contributed by atoms with Gasteiger partial charge in [-0.2, -0.15) is 0 Å². The van der Waals surface area contributed by atoms with E-state index in [-0.39, 0.29) is 38.5 Å². The van der Waals surface area contributed by atoms with Crippen LogP contribution in [0, 0.1) is 20.2 Å². The van der Waals surface area contributed by atoms with Crippen molar-refractivity contribution in [3.63, 3.8) is 0 Å². The molecule has 0 aliphatic carbocycles. The Morgan fingerprint density at radius 2 is 0.780 bits per heavy atom. The summed E-state index contributed by atoms with van der Waals surface area (Å²) in [4.78, 5) is 54.5. The van der Waals surface area contributed by atoms with Crippen LogP contribution in [0.5, 0.6) is 0 Å². The molecule has 0 heterocycles. The van der Waals surface area contributed by atoms with Crippen LogP contribution in [0.15, 0.2) is 127 Å². The van der Waals surface area contributed by atoms with Gasteiger partial charge in [-0.25, -0.2) is 0 Å². The van der Waals surface area contributed by atoms with E-state index in [0.29, 0.717) is 37.7 Å². The van der Waals surface area contributed by atoms with E-state index in [9.17, 15) is 34.6 Å². The summed E-state index contributed by atoms with van der Waals surface area (Å²) < 4.78 is 0. The van der Waals surface area contributed by atoms with Crippen LogP contribution in [0.2, 0.25) is 30.1 Å². The number of hydrogen-bond donors (Lipinski definition) is 4. The quantitative estimate of drug-likeness (QED) is 0.0518. The first-order chi connectivity index (χ1) is 27.8. The molecule has 13 nitrogen and oxygen atoms in total. The van der Waals surface area contributed by atoms with E-state index in [2.05, 4.69) is 10.6 Å². The third-order valence-corrected chi connectivity index (χ3v) is 9.04. The van der Waals surface area contributed by atoms with Crippen molar-refractivity contribution in [2.75, 3.05) is 22.1 Å². The molecular formula is C39H27Cl7N6O7. The molecule has 0 aromatic heterocycles. The molecule has 2 amide bonds. The number of carbonyl (C=O) groups excluding carboxylic acids is 3. The Balaban J connectivity index is 0.000000220. The summed E-state index contributed by atoms with van der Waals surface area (Å²) in [5, 5.41) is 28.0. The van der Waals surface area contributed by atoms with Gasteiger partial charge in [-0.05, 0) is 115 Å². The second-order valence-corrected chi connectivity index (χ2v) is 14.2. The number of non-ortho nitro benzene ring substituents is 2. The van der Waals surface area contributed by atoms with Crippen molar-refractivity contribution in [1.82, 2.24) is 0 Å². The zero-order chi connectivity index (χ0) is 43.8. The molecule has 59 heavy (non-hydrogen) atoms. The van der Waals surface area contributed by atoms with Crippen molar-refractivity contribution in [2.24, 2.45) is 0 Å². The maximum Gasteiger partial charge on any atom is 0.270 e. The molecule has 0 radical (unpaired) electrons. The molecule has 20 heteroatoms. The van der Waals surface area contributed by atoms with E-state index in [1.807, 2.05) is 0 Å². The third kappa shape index (κ3) is 15.9. The number of anilines is 4. The van der Waals surface area contributed by atoms with E-state index < -0.39 is 21.0 Å². The number of nitrogens with zero attached hydrogens (tertiary/aromatic N) is 2. The number of rotatable bonds is 7. The van der Waals surface area contributed by atoms with E-state index in [4.69, 9.17) is 92.7 Å². The number of nitro benzene ring substituents is 2. The topological polar surface area (TPSA) is 214 Å². The van der Waals surface area contributed by atoms with Gasteiger partial charge in [0.1, 0.15) is 0 Å². The average molecular weight is 940 g/mol. The van der Waals surface area contributed by atoms with Gasteiger partial charge < -0.3 is 22.1 Å². The second-order valence-electron chi connectivity index (χ2n) is 11.3. The minimum Gasteiger partial charge on any atom is -0.399 e. The highest BCUT2D eigenvalue weighted by molar-refractivity contribution is 6.68. The first kappa shape index (κ1) is 47.7. The van der Waals surface area contributed by atoms with Gasteiger partial charge in [-0.1, -0.05) is 69.6 Å². The number of nitro groups is 2. The van der Waals surface area contributed by atoms with Gasteiger partial charge in [0.05, 0.1) is 41.6 Å². The maximum absolute atomic E-state index is 12.0. The Morgan fingerprint density at radius 1 is 0.458 bits per heavy atom. The van der Waals surface area contributed by atoms with E-state index in [1.54, 1.807) is 84.9 Å². The normalized spacial score (nSPS) is 9.88. The van der Waals surface area contributed by atoms with E-state index >= 15 is 0 Å². The molecule has 0 bridgehead atoms. The molecule has 6 aromatic carbocycles. The lowest BCUT2D eigenvalue weighted by Crippen LogP contribution is -2.12. The fourth-order valence-electron chi connectivity index (χ4n) is 4.22. The molecule has 304 valence electrons. The number of nitrogens with two attached hydrogens (primary N) is 2. The molecule has 0 aliphatic rings. The summed E-state index contributed by atoms with van der Waals surface area (Å²) in [7, 11) is 0. The Bertz CT molecular complexity index is 2440. The van der Waals surface area contributed by atoms with Gasteiger partial charge in [0.15, 0.2) is 0 Å². The highest BCUT2D eigenvalue weighted by atomic mass is 35.5. The molecule has 0 spiro atoms. The number of nitrogens with one attached hydrogen (secondary N) is 2. The molecule has 6 rings (SSSR count). The summed E-state index contributed by atoms with van der Waals surface area (Å²) in [5.74, 6) is -0.837. The average Bonchev–Trinajstić information content (AvgIpc) is 3.19. The first-order valence-corrected chi connectivity index (χ1v) is 18.8. The van der Waals surface area contributed by atoms with E-state index in [0.717, 1.165) is 22.8 Å². The fourth-order valence-corrected chi connectivity index (χ4v) is 5.41.